The second-order valence-corrected chi connectivity index (χ2v) is 2.51. The molecule has 1 heterocycles. The van der Waals surface area contributed by atoms with Crippen molar-refractivity contribution in [3.8, 4) is 0 Å². The molecule has 11 heavy (non-hydrogen) atoms. The molecule has 2 N–H and O–H groups in total. The van der Waals surface area contributed by atoms with Gasteiger partial charge in [0.1, 0.15) is 6.04 Å². The zero-order valence-corrected chi connectivity index (χ0v) is 6.72. The second kappa shape index (κ2) is 3.23. The number of amides is 1. The zero-order chi connectivity index (χ0) is 8.27. The van der Waals surface area contributed by atoms with E-state index in [2.05, 4.69) is 10.6 Å². The molecule has 0 aliphatic carbocycles. The highest BCUT2D eigenvalue weighted by molar-refractivity contribution is 5.83. The fraction of sp³-hybridized carbons (Fsp3) is 0.375. The van der Waals surface area contributed by atoms with E-state index in [1.165, 1.54) is 0 Å². The topological polar surface area (TPSA) is 41.1 Å². The quantitative estimate of drug-likeness (QED) is 0.562. The SMILES string of the molecule is CNC(=O)C1C=CC(C)=CN1. The molecular formula is C8H12N2O. The van der Waals surface area contributed by atoms with Crippen LogP contribution in [0.4, 0.5) is 0 Å². The molecule has 0 aromatic carbocycles. The Morgan fingerprint density at radius 3 is 2.91 bits per heavy atom. The molecule has 0 radical (unpaired) electrons. The summed E-state index contributed by atoms with van der Waals surface area (Å²) in [5.74, 6) is -0.00926. The minimum atomic E-state index is -0.205. The number of rotatable bonds is 1. The molecule has 0 saturated carbocycles. The predicted molar refractivity (Wildman–Crippen MR) is 43.9 cm³/mol. The summed E-state index contributed by atoms with van der Waals surface area (Å²) in [6, 6.07) is -0.205. The van der Waals surface area contributed by atoms with Crippen molar-refractivity contribution in [3.05, 3.63) is 23.9 Å². The molecule has 1 rings (SSSR count). The van der Waals surface area contributed by atoms with Crippen LogP contribution in [0.15, 0.2) is 23.9 Å². The Morgan fingerprint density at radius 1 is 1.73 bits per heavy atom. The average molecular weight is 152 g/mol. The van der Waals surface area contributed by atoms with Gasteiger partial charge in [-0.05, 0) is 12.5 Å². The summed E-state index contributed by atoms with van der Waals surface area (Å²) in [5, 5.41) is 5.53. The van der Waals surface area contributed by atoms with Crippen molar-refractivity contribution >= 4 is 5.91 Å². The first-order valence-corrected chi connectivity index (χ1v) is 3.56. The summed E-state index contributed by atoms with van der Waals surface area (Å²) in [7, 11) is 1.63. The smallest absolute Gasteiger partial charge is 0.246 e. The largest absolute Gasteiger partial charge is 0.376 e. The molecule has 1 amide bonds. The fourth-order valence-electron chi connectivity index (χ4n) is 0.891. The van der Waals surface area contributed by atoms with Gasteiger partial charge in [0.25, 0.3) is 0 Å². The molecule has 0 saturated heterocycles. The van der Waals surface area contributed by atoms with Gasteiger partial charge in [-0.2, -0.15) is 0 Å². The number of dihydropyridines is 1. The van der Waals surface area contributed by atoms with Gasteiger partial charge in [-0.1, -0.05) is 12.2 Å². The minimum Gasteiger partial charge on any atom is -0.376 e. The third kappa shape index (κ3) is 1.83. The molecule has 0 aromatic heterocycles. The molecule has 60 valence electrons. The van der Waals surface area contributed by atoms with E-state index in [9.17, 15) is 4.79 Å². The Balaban J connectivity index is 2.55. The van der Waals surface area contributed by atoms with Crippen LogP contribution in [-0.4, -0.2) is 19.0 Å². The minimum absolute atomic E-state index is 0.00926. The van der Waals surface area contributed by atoms with Crippen LogP contribution in [0.1, 0.15) is 6.92 Å². The first-order chi connectivity index (χ1) is 5.24. The Morgan fingerprint density at radius 2 is 2.45 bits per heavy atom. The first kappa shape index (κ1) is 7.85. The van der Waals surface area contributed by atoms with E-state index >= 15 is 0 Å². The van der Waals surface area contributed by atoms with Crippen LogP contribution in [0.3, 0.4) is 0 Å². The molecule has 0 fully saturated rings. The van der Waals surface area contributed by atoms with Crippen LogP contribution in [0.5, 0.6) is 0 Å². The highest BCUT2D eigenvalue weighted by Crippen LogP contribution is 2.01. The van der Waals surface area contributed by atoms with Crippen molar-refractivity contribution in [2.24, 2.45) is 0 Å². The number of nitrogens with one attached hydrogen (secondary N) is 2. The molecule has 3 heteroatoms. The number of hydrogen-bond donors (Lipinski definition) is 2. The Kier molecular flexibility index (Phi) is 2.31. The van der Waals surface area contributed by atoms with Gasteiger partial charge in [-0.15, -0.1) is 0 Å². The lowest BCUT2D eigenvalue weighted by Crippen LogP contribution is -2.40. The van der Waals surface area contributed by atoms with Gasteiger partial charge in [-0.3, -0.25) is 4.79 Å². The summed E-state index contributed by atoms with van der Waals surface area (Å²) in [4.78, 5) is 11.0. The maximum Gasteiger partial charge on any atom is 0.246 e. The molecule has 0 aromatic rings. The Hall–Kier alpha value is -1.25. The van der Waals surface area contributed by atoms with Crippen LogP contribution in [-0.2, 0) is 4.79 Å². The first-order valence-electron chi connectivity index (χ1n) is 3.56. The maximum absolute atomic E-state index is 11.0. The van der Waals surface area contributed by atoms with Crippen LogP contribution in [0.25, 0.3) is 0 Å². The van der Waals surface area contributed by atoms with Gasteiger partial charge in [0.15, 0.2) is 0 Å². The lowest BCUT2D eigenvalue weighted by molar-refractivity contribution is -0.121. The summed E-state index contributed by atoms with van der Waals surface area (Å²) in [6.45, 7) is 1.98. The van der Waals surface area contributed by atoms with Crippen molar-refractivity contribution in [2.75, 3.05) is 7.05 Å². The van der Waals surface area contributed by atoms with E-state index in [1.54, 1.807) is 7.05 Å². The molecule has 0 spiro atoms. The van der Waals surface area contributed by atoms with Crippen LogP contribution in [0.2, 0.25) is 0 Å². The van der Waals surface area contributed by atoms with Gasteiger partial charge in [0, 0.05) is 13.2 Å². The molecule has 1 atom stereocenters. The van der Waals surface area contributed by atoms with Crippen molar-refractivity contribution in [1.82, 2.24) is 10.6 Å². The number of hydrogen-bond acceptors (Lipinski definition) is 2. The lowest BCUT2D eigenvalue weighted by atomic mass is 10.1. The molecular weight excluding hydrogens is 140 g/mol. The number of carbonyl (C=O) groups excluding carboxylic acids is 1. The monoisotopic (exact) mass is 152 g/mol. The van der Waals surface area contributed by atoms with Gasteiger partial charge in [0.05, 0.1) is 0 Å². The van der Waals surface area contributed by atoms with Gasteiger partial charge in [-0.25, -0.2) is 0 Å². The normalized spacial score (nSPS) is 22.0. The van der Waals surface area contributed by atoms with Gasteiger partial charge < -0.3 is 10.6 Å². The Bertz CT molecular complexity index is 218. The standard InChI is InChI=1S/C8H12N2O/c1-6-3-4-7(10-5-6)8(11)9-2/h3-5,7,10H,1-2H3,(H,9,11). The Labute approximate surface area is 66.2 Å². The fourth-order valence-corrected chi connectivity index (χ4v) is 0.891. The van der Waals surface area contributed by atoms with E-state index < -0.39 is 0 Å². The van der Waals surface area contributed by atoms with Crippen molar-refractivity contribution in [3.63, 3.8) is 0 Å². The van der Waals surface area contributed by atoms with Crippen LogP contribution < -0.4 is 10.6 Å². The second-order valence-electron chi connectivity index (χ2n) is 2.51. The van der Waals surface area contributed by atoms with Gasteiger partial charge >= 0.3 is 0 Å². The summed E-state index contributed by atoms with van der Waals surface area (Å²) in [6.07, 6.45) is 5.60. The van der Waals surface area contributed by atoms with Crippen molar-refractivity contribution in [2.45, 2.75) is 13.0 Å². The number of allylic oxidation sites excluding steroid dienone is 2. The van der Waals surface area contributed by atoms with E-state index in [0.717, 1.165) is 5.57 Å². The highest BCUT2D eigenvalue weighted by atomic mass is 16.2. The molecule has 1 unspecified atom stereocenters. The zero-order valence-electron chi connectivity index (χ0n) is 6.72. The summed E-state index contributed by atoms with van der Waals surface area (Å²) < 4.78 is 0. The molecule has 1 aliphatic heterocycles. The van der Waals surface area contributed by atoms with E-state index in [4.69, 9.17) is 0 Å². The number of likely N-dealkylation sites (N-methyl/N-ethyl adjacent to an activating group) is 1. The number of carbonyl (C=O) groups is 1. The summed E-state index contributed by atoms with van der Waals surface area (Å²) in [5.41, 5.74) is 1.13. The molecule has 3 nitrogen and oxygen atoms in total. The average Bonchev–Trinajstić information content (AvgIpc) is 2.05. The van der Waals surface area contributed by atoms with E-state index in [1.807, 2.05) is 25.3 Å². The lowest BCUT2D eigenvalue weighted by Gasteiger charge is -2.15. The highest BCUT2D eigenvalue weighted by Gasteiger charge is 2.12. The maximum atomic E-state index is 11.0. The van der Waals surface area contributed by atoms with Crippen molar-refractivity contribution in [1.29, 1.82) is 0 Å². The third-order valence-electron chi connectivity index (χ3n) is 1.57. The van der Waals surface area contributed by atoms with E-state index in [0.29, 0.717) is 0 Å². The van der Waals surface area contributed by atoms with Crippen LogP contribution in [0, 0.1) is 0 Å². The van der Waals surface area contributed by atoms with E-state index in [-0.39, 0.29) is 11.9 Å². The molecule has 1 aliphatic rings. The van der Waals surface area contributed by atoms with Crippen molar-refractivity contribution < 1.29 is 4.79 Å². The third-order valence-corrected chi connectivity index (χ3v) is 1.57. The molecule has 0 bridgehead atoms. The van der Waals surface area contributed by atoms with Crippen LogP contribution >= 0.6 is 0 Å². The van der Waals surface area contributed by atoms with Gasteiger partial charge in [0.2, 0.25) is 5.91 Å². The summed E-state index contributed by atoms with van der Waals surface area (Å²) >= 11 is 0. The predicted octanol–water partition coefficient (Wildman–Crippen LogP) is 0.164.